The molecule has 6 aromatic rings. The Morgan fingerprint density at radius 1 is 0.500 bits per heavy atom. The Morgan fingerprint density at radius 3 is 1.28 bits per heavy atom. The third-order valence-corrected chi connectivity index (χ3v) is 8.70. The molecule has 1 heterocycles. The third kappa shape index (κ3) is 6.74. The summed E-state index contributed by atoms with van der Waals surface area (Å²) in [5.74, 6) is 0.555. The lowest BCUT2D eigenvalue weighted by atomic mass is 9.84. The van der Waals surface area contributed by atoms with Crippen molar-refractivity contribution in [3.63, 3.8) is 0 Å². The van der Waals surface area contributed by atoms with Crippen molar-refractivity contribution in [1.82, 2.24) is 15.0 Å². The topological polar surface area (TPSA) is 41.9 Å². The molecule has 0 N–H and O–H groups in total. The van der Waals surface area contributed by atoms with E-state index in [-0.39, 0.29) is 5.41 Å². The third-order valence-electron chi connectivity index (χ3n) is 8.30. The summed E-state index contributed by atoms with van der Waals surface area (Å²) in [4.78, 5) is 15.1. The maximum atomic E-state index is 4.34. The van der Waals surface area contributed by atoms with Crippen LogP contribution in [-0.2, 0) is 5.41 Å². The molecule has 1 aromatic heterocycles. The van der Waals surface area contributed by atoms with Crippen molar-refractivity contribution in [3.05, 3.63) is 131 Å². The van der Waals surface area contributed by atoms with E-state index in [9.17, 15) is 0 Å². The largest absolute Gasteiger partial charge is 0.310 e. The van der Waals surface area contributed by atoms with Crippen LogP contribution in [0.4, 0.5) is 17.1 Å². The van der Waals surface area contributed by atoms with Crippen LogP contribution in [0, 0.1) is 20.8 Å². The van der Waals surface area contributed by atoms with E-state index in [0.29, 0.717) is 16.1 Å². The molecule has 0 aliphatic rings. The molecular weight excluding hydrogens is 601 g/mol. The van der Waals surface area contributed by atoms with Crippen LogP contribution in [0.3, 0.4) is 0 Å². The Labute approximate surface area is 283 Å². The monoisotopic (exact) mass is 638 g/mol. The average molecular weight is 639 g/mol. The second kappa shape index (κ2) is 12.8. The fraction of sp³-hybridized carbons (Fsp3) is 0.175. The Bertz CT molecular complexity index is 1950. The molecule has 0 amide bonds. The van der Waals surface area contributed by atoms with Gasteiger partial charge in [-0.15, -0.1) is 25.3 Å². The fourth-order valence-corrected chi connectivity index (χ4v) is 6.25. The van der Waals surface area contributed by atoms with Crippen molar-refractivity contribution in [1.29, 1.82) is 0 Å². The zero-order valence-electron chi connectivity index (χ0n) is 27.1. The molecule has 6 rings (SSSR count). The molecule has 4 nitrogen and oxygen atoms in total. The van der Waals surface area contributed by atoms with Crippen LogP contribution in [0.1, 0.15) is 43.0 Å². The lowest BCUT2D eigenvalue weighted by molar-refractivity contribution is 0.589. The number of hydrogen-bond donors (Lipinski definition) is 2. The number of thiol groups is 2. The van der Waals surface area contributed by atoms with E-state index >= 15 is 0 Å². The van der Waals surface area contributed by atoms with Gasteiger partial charge in [0, 0.05) is 16.9 Å². The van der Waals surface area contributed by atoms with Crippen LogP contribution in [0.2, 0.25) is 0 Å². The van der Waals surface area contributed by atoms with Crippen LogP contribution in [0.15, 0.2) is 120 Å². The summed E-state index contributed by atoms with van der Waals surface area (Å²) in [5.41, 5.74) is 14.1. The smallest absolute Gasteiger partial charge is 0.189 e. The van der Waals surface area contributed by atoms with Gasteiger partial charge in [-0.2, -0.15) is 4.98 Å². The minimum Gasteiger partial charge on any atom is -0.310 e. The van der Waals surface area contributed by atoms with Gasteiger partial charge < -0.3 is 4.90 Å². The molecule has 0 spiro atoms. The van der Waals surface area contributed by atoms with Crippen LogP contribution in [0.25, 0.3) is 33.6 Å². The molecule has 0 saturated heterocycles. The molecule has 0 aliphatic carbocycles. The van der Waals surface area contributed by atoms with Gasteiger partial charge in [0.2, 0.25) is 0 Å². The lowest BCUT2D eigenvalue weighted by Crippen LogP contribution is -2.16. The molecule has 0 fully saturated rings. The van der Waals surface area contributed by atoms with Gasteiger partial charge in [-0.25, -0.2) is 9.97 Å². The van der Waals surface area contributed by atoms with E-state index in [2.05, 4.69) is 184 Å². The highest BCUT2D eigenvalue weighted by molar-refractivity contribution is 7.80. The molecule has 0 aliphatic heterocycles. The van der Waals surface area contributed by atoms with E-state index in [4.69, 9.17) is 0 Å². The number of aromatic nitrogens is 3. The molecule has 0 bridgehead atoms. The van der Waals surface area contributed by atoms with Gasteiger partial charge in [0.25, 0.3) is 0 Å². The summed E-state index contributed by atoms with van der Waals surface area (Å²) >= 11 is 8.54. The molecule has 0 saturated carbocycles. The van der Waals surface area contributed by atoms with Crippen LogP contribution < -0.4 is 4.90 Å². The van der Waals surface area contributed by atoms with E-state index < -0.39 is 0 Å². The number of rotatable bonds is 6. The Kier molecular flexibility index (Phi) is 8.78. The van der Waals surface area contributed by atoms with Crippen LogP contribution in [0.5, 0.6) is 0 Å². The van der Waals surface area contributed by atoms with Gasteiger partial charge in [-0.3, -0.25) is 0 Å². The van der Waals surface area contributed by atoms with Crippen LogP contribution >= 0.6 is 25.3 Å². The minimum absolute atomic E-state index is 0.0688. The number of anilines is 3. The van der Waals surface area contributed by atoms with E-state index in [1.54, 1.807) is 0 Å². The Hall–Kier alpha value is -4.39. The summed E-state index contributed by atoms with van der Waals surface area (Å²) in [6, 6.07) is 39.3. The Morgan fingerprint density at radius 2 is 0.870 bits per heavy atom. The zero-order valence-corrected chi connectivity index (χ0v) is 28.9. The summed E-state index contributed by atoms with van der Waals surface area (Å²) in [7, 11) is 0. The SMILES string of the molecule is Cc1ccc(-c2ccc(N(c3ccc(-c4ccc(-c5nc(S)nc(S)n5)cc4)cc3)c3c(C)cc(C(C)(C)C)cc3C)cc2)cc1. The van der Waals surface area contributed by atoms with Gasteiger partial charge in [-0.1, -0.05) is 111 Å². The summed E-state index contributed by atoms with van der Waals surface area (Å²) in [6.45, 7) is 13.4. The molecule has 6 heteroatoms. The Balaban J connectivity index is 1.38. The maximum Gasteiger partial charge on any atom is 0.189 e. The second-order valence-electron chi connectivity index (χ2n) is 12.8. The number of aryl methyl sites for hydroxylation is 3. The van der Waals surface area contributed by atoms with Gasteiger partial charge in [0.15, 0.2) is 16.1 Å². The summed E-state index contributed by atoms with van der Waals surface area (Å²) in [5, 5.41) is 0.699. The van der Waals surface area contributed by atoms with Crippen molar-refractivity contribution in [2.24, 2.45) is 0 Å². The van der Waals surface area contributed by atoms with Gasteiger partial charge >= 0.3 is 0 Å². The molecule has 0 unspecified atom stereocenters. The number of benzene rings is 5. The molecule has 0 radical (unpaired) electrons. The van der Waals surface area contributed by atoms with Gasteiger partial charge in [0.05, 0.1) is 5.69 Å². The molecular formula is C40H38N4S2. The highest BCUT2D eigenvalue weighted by atomic mass is 32.1. The fourth-order valence-electron chi connectivity index (χ4n) is 5.80. The van der Waals surface area contributed by atoms with Crippen molar-refractivity contribution < 1.29 is 0 Å². The van der Waals surface area contributed by atoms with E-state index in [0.717, 1.165) is 28.1 Å². The maximum absolute atomic E-state index is 4.34. The predicted octanol–water partition coefficient (Wildman–Crippen LogP) is 11.1. The second-order valence-corrected chi connectivity index (χ2v) is 13.6. The molecule has 5 aromatic carbocycles. The lowest BCUT2D eigenvalue weighted by Gasteiger charge is -2.31. The first-order chi connectivity index (χ1) is 22.0. The molecule has 46 heavy (non-hydrogen) atoms. The average Bonchev–Trinajstić information content (AvgIpc) is 3.03. The first kappa shape index (κ1) is 31.6. The summed E-state index contributed by atoms with van der Waals surface area (Å²) < 4.78 is 0. The summed E-state index contributed by atoms with van der Waals surface area (Å²) in [6.07, 6.45) is 0. The number of hydrogen-bond acceptors (Lipinski definition) is 6. The molecule has 230 valence electrons. The van der Waals surface area contributed by atoms with Crippen molar-refractivity contribution >= 4 is 42.3 Å². The minimum atomic E-state index is 0.0688. The normalized spacial score (nSPS) is 11.5. The highest BCUT2D eigenvalue weighted by Gasteiger charge is 2.21. The van der Waals surface area contributed by atoms with Crippen molar-refractivity contribution in [3.8, 4) is 33.6 Å². The number of nitrogens with zero attached hydrogens (tertiary/aromatic N) is 4. The van der Waals surface area contributed by atoms with Gasteiger partial charge in [-0.05, 0) is 89.4 Å². The first-order valence-corrected chi connectivity index (χ1v) is 16.3. The zero-order chi connectivity index (χ0) is 32.6. The van der Waals surface area contributed by atoms with Crippen molar-refractivity contribution in [2.75, 3.05) is 4.90 Å². The van der Waals surface area contributed by atoms with E-state index in [1.165, 1.54) is 39.1 Å². The molecule has 0 atom stereocenters. The predicted molar refractivity (Wildman–Crippen MR) is 198 cm³/mol. The van der Waals surface area contributed by atoms with Gasteiger partial charge in [0.1, 0.15) is 0 Å². The van der Waals surface area contributed by atoms with Crippen molar-refractivity contribution in [2.45, 2.75) is 57.3 Å². The van der Waals surface area contributed by atoms with E-state index in [1.807, 2.05) is 12.1 Å². The van der Waals surface area contributed by atoms with Crippen LogP contribution in [-0.4, -0.2) is 15.0 Å². The standard InChI is InChI=1S/C40H38N4S2/c1-25-7-9-28(10-8-25)30-15-19-34(20-16-30)44(36-26(2)23-33(24-27(36)3)40(4,5)6)35-21-17-31(18-22-35)29-11-13-32(14-12-29)37-41-38(45)43-39(46)42-37/h7-24H,1-6H3,(H2,41,42,43,45,46). The first-order valence-electron chi connectivity index (χ1n) is 15.4. The highest BCUT2D eigenvalue weighted by Crippen LogP contribution is 2.41. The quantitative estimate of drug-likeness (QED) is 0.178.